The van der Waals surface area contributed by atoms with E-state index in [-0.39, 0.29) is 5.97 Å². The third-order valence-corrected chi connectivity index (χ3v) is 1.44. The molecule has 0 saturated heterocycles. The lowest BCUT2D eigenvalue weighted by molar-refractivity contribution is -0.137. The lowest BCUT2D eigenvalue weighted by Gasteiger charge is -1.91. The quantitative estimate of drug-likeness (QED) is 0.593. The number of aliphatic carboxylic acids is 1. The smallest absolute Gasteiger partial charge is 0.330 e. The average Bonchev–Trinajstić information content (AvgIpc) is 2.19. The van der Waals surface area contributed by atoms with Gasteiger partial charge in [0.05, 0.1) is 6.61 Å². The molecule has 0 rings (SSSR count). The van der Waals surface area contributed by atoms with Gasteiger partial charge < -0.3 is 9.84 Å². The Morgan fingerprint density at radius 2 is 1.88 bits per heavy atom. The molecule has 0 amide bonds. The second kappa shape index (κ2) is 11.5. The van der Waals surface area contributed by atoms with Gasteiger partial charge in [-0.15, -0.1) is 0 Å². The van der Waals surface area contributed by atoms with Crippen molar-refractivity contribution in [3.63, 3.8) is 0 Å². The zero-order valence-corrected chi connectivity index (χ0v) is 10.3. The van der Waals surface area contributed by atoms with E-state index in [1.807, 2.05) is 6.92 Å². The third-order valence-electron chi connectivity index (χ3n) is 1.44. The number of esters is 1. The first-order chi connectivity index (χ1) is 7.49. The molecule has 0 saturated carbocycles. The number of carboxylic acid groups (broad SMARTS) is 1. The van der Waals surface area contributed by atoms with E-state index in [1.54, 1.807) is 32.9 Å². The van der Waals surface area contributed by atoms with E-state index in [9.17, 15) is 9.59 Å². The van der Waals surface area contributed by atoms with Gasteiger partial charge in [0.2, 0.25) is 0 Å². The maximum atomic E-state index is 10.3. The first kappa shape index (κ1) is 16.8. The van der Waals surface area contributed by atoms with Crippen LogP contribution in [-0.4, -0.2) is 23.7 Å². The second-order valence-corrected chi connectivity index (χ2v) is 2.85. The second-order valence-electron chi connectivity index (χ2n) is 2.85. The van der Waals surface area contributed by atoms with Gasteiger partial charge in [0, 0.05) is 11.6 Å². The number of carbonyl (C=O) groups excluding carboxylic acids is 1. The van der Waals surface area contributed by atoms with Crippen LogP contribution in [-0.2, 0) is 14.3 Å². The Morgan fingerprint density at radius 1 is 1.31 bits per heavy atom. The Balaban J connectivity index is 0. The monoisotopic (exact) mass is 228 g/mol. The summed E-state index contributed by atoms with van der Waals surface area (Å²) in [5, 5.41) is 8.24. The van der Waals surface area contributed by atoms with E-state index in [4.69, 9.17) is 5.11 Å². The highest BCUT2D eigenvalue weighted by Gasteiger charge is 1.95. The molecule has 0 aromatic carbocycles. The summed E-state index contributed by atoms with van der Waals surface area (Å²) in [5.74, 6) is -1.10. The molecular weight excluding hydrogens is 208 g/mol. The Bertz CT molecular complexity index is 264. The first-order valence-electron chi connectivity index (χ1n) is 5.19. The van der Waals surface area contributed by atoms with E-state index < -0.39 is 5.97 Å². The van der Waals surface area contributed by atoms with Crippen molar-refractivity contribution >= 4 is 11.9 Å². The summed E-state index contributed by atoms with van der Waals surface area (Å²) in [5.41, 5.74) is 0.424. The minimum atomic E-state index is -0.827. The van der Waals surface area contributed by atoms with Gasteiger partial charge in [-0.2, -0.15) is 0 Å². The summed E-state index contributed by atoms with van der Waals surface area (Å²) in [6.07, 6.45) is 5.52. The molecule has 1 N–H and O–H groups in total. The number of carbonyl (C=O) groups is 2. The minimum Gasteiger partial charge on any atom is -0.478 e. The van der Waals surface area contributed by atoms with Crippen molar-refractivity contribution in [2.24, 2.45) is 0 Å². The summed E-state index contributed by atoms with van der Waals surface area (Å²) in [4.78, 5) is 20.4. The molecule has 0 bridgehead atoms. The van der Waals surface area contributed by atoms with E-state index >= 15 is 0 Å². The van der Waals surface area contributed by atoms with Crippen molar-refractivity contribution in [2.75, 3.05) is 6.61 Å². The van der Waals surface area contributed by atoms with Crippen molar-refractivity contribution in [1.29, 1.82) is 0 Å². The Morgan fingerprint density at radius 3 is 2.12 bits per heavy atom. The van der Waals surface area contributed by atoms with E-state index in [0.717, 1.165) is 6.42 Å². The molecular formula is C12H20O4. The zero-order chi connectivity index (χ0) is 13.0. The number of hydrogen-bond donors (Lipinski definition) is 1. The van der Waals surface area contributed by atoms with Crippen LogP contribution in [0, 0.1) is 0 Å². The van der Waals surface area contributed by atoms with Gasteiger partial charge in [-0.3, -0.25) is 0 Å². The largest absolute Gasteiger partial charge is 0.478 e. The van der Waals surface area contributed by atoms with Crippen LogP contribution in [0.25, 0.3) is 0 Å². The first-order valence-corrected chi connectivity index (χ1v) is 5.19. The predicted octanol–water partition coefficient (Wildman–Crippen LogP) is 2.55. The number of carboxylic acids is 1. The van der Waals surface area contributed by atoms with Crippen molar-refractivity contribution in [1.82, 2.24) is 0 Å². The molecule has 0 fully saturated rings. The molecule has 4 nitrogen and oxygen atoms in total. The van der Waals surface area contributed by atoms with E-state index in [1.165, 1.54) is 6.08 Å². The Kier molecular flexibility index (Phi) is 12.1. The van der Waals surface area contributed by atoms with Crippen molar-refractivity contribution in [2.45, 2.75) is 34.1 Å². The summed E-state index contributed by atoms with van der Waals surface area (Å²) in [6.45, 7) is 7.50. The van der Waals surface area contributed by atoms with E-state index in [0.29, 0.717) is 12.2 Å². The fraction of sp³-hybridized carbons (Fsp3) is 0.500. The summed E-state index contributed by atoms with van der Waals surface area (Å²) < 4.78 is 4.56. The summed E-state index contributed by atoms with van der Waals surface area (Å²) in [6, 6.07) is 0. The van der Waals surface area contributed by atoms with Crippen LogP contribution in [0.2, 0.25) is 0 Å². The van der Waals surface area contributed by atoms with Gasteiger partial charge in [0.1, 0.15) is 0 Å². The van der Waals surface area contributed by atoms with Gasteiger partial charge in [0.25, 0.3) is 0 Å². The normalized spacial score (nSPS) is 10.6. The molecule has 0 aliphatic carbocycles. The molecule has 0 unspecified atom stereocenters. The molecule has 0 aliphatic heterocycles. The highest BCUT2D eigenvalue weighted by Crippen LogP contribution is 1.92. The molecule has 92 valence electrons. The lowest BCUT2D eigenvalue weighted by atomic mass is 10.2. The molecule has 0 radical (unpaired) electrons. The fourth-order valence-electron chi connectivity index (χ4n) is 0.720. The number of allylic oxidation sites excluding steroid dienone is 2. The van der Waals surface area contributed by atoms with E-state index in [2.05, 4.69) is 4.74 Å². The maximum Gasteiger partial charge on any atom is 0.330 e. The lowest BCUT2D eigenvalue weighted by Crippen LogP contribution is -1.98. The van der Waals surface area contributed by atoms with Crippen LogP contribution in [0.4, 0.5) is 0 Å². The van der Waals surface area contributed by atoms with Crippen molar-refractivity contribution in [3.8, 4) is 0 Å². The molecule has 0 aliphatic rings. The fourth-order valence-corrected chi connectivity index (χ4v) is 0.720. The highest BCUT2D eigenvalue weighted by molar-refractivity contribution is 5.85. The SMILES string of the molecule is C/C=C/C(=O)OCC.CCC=C(C)C(=O)O. The van der Waals surface area contributed by atoms with Crippen LogP contribution in [0.1, 0.15) is 34.1 Å². The molecule has 0 heterocycles. The molecule has 0 aromatic rings. The highest BCUT2D eigenvalue weighted by atomic mass is 16.5. The van der Waals surface area contributed by atoms with Crippen molar-refractivity contribution < 1.29 is 19.4 Å². The molecule has 0 aromatic heterocycles. The predicted molar refractivity (Wildman–Crippen MR) is 63.1 cm³/mol. The van der Waals surface area contributed by atoms with Crippen LogP contribution in [0.5, 0.6) is 0 Å². The molecule has 4 heteroatoms. The van der Waals surface area contributed by atoms with Crippen LogP contribution in [0.15, 0.2) is 23.8 Å². The zero-order valence-electron chi connectivity index (χ0n) is 10.3. The van der Waals surface area contributed by atoms with Crippen LogP contribution < -0.4 is 0 Å². The van der Waals surface area contributed by atoms with Gasteiger partial charge in [-0.1, -0.05) is 19.1 Å². The van der Waals surface area contributed by atoms with Gasteiger partial charge in [-0.25, -0.2) is 9.59 Å². The minimum absolute atomic E-state index is 0.269. The Hall–Kier alpha value is -1.58. The summed E-state index contributed by atoms with van der Waals surface area (Å²) >= 11 is 0. The number of hydrogen-bond acceptors (Lipinski definition) is 3. The average molecular weight is 228 g/mol. The number of rotatable bonds is 4. The summed E-state index contributed by atoms with van der Waals surface area (Å²) in [7, 11) is 0. The topological polar surface area (TPSA) is 63.6 Å². The number of ether oxygens (including phenoxy) is 1. The molecule has 0 atom stereocenters. The van der Waals surface area contributed by atoms with Crippen molar-refractivity contribution in [3.05, 3.63) is 23.8 Å². The molecule has 0 spiro atoms. The van der Waals surface area contributed by atoms with Crippen LogP contribution >= 0.6 is 0 Å². The maximum absolute atomic E-state index is 10.3. The van der Waals surface area contributed by atoms with Gasteiger partial charge in [0.15, 0.2) is 0 Å². The van der Waals surface area contributed by atoms with Crippen LogP contribution in [0.3, 0.4) is 0 Å². The Labute approximate surface area is 96.6 Å². The van der Waals surface area contributed by atoms with Gasteiger partial charge >= 0.3 is 11.9 Å². The van der Waals surface area contributed by atoms with Gasteiger partial charge in [-0.05, 0) is 27.2 Å². The third kappa shape index (κ3) is 12.4. The molecule has 16 heavy (non-hydrogen) atoms. The standard InChI is InChI=1S/2C6H10O2/c1-3-4-5(2)6(7)8;1-3-5-6(7)8-4-2/h4H,3H2,1-2H3,(H,7,8);3,5H,4H2,1-2H3/b;5-3+.